The number of hydrogen-bond donors (Lipinski definition) is 2. The van der Waals surface area contributed by atoms with Crippen molar-refractivity contribution in [2.45, 2.75) is 18.9 Å². The average Bonchev–Trinajstić information content (AvgIpc) is 2.61. The molecule has 24 heavy (non-hydrogen) atoms. The van der Waals surface area contributed by atoms with E-state index in [9.17, 15) is 4.39 Å². The molecule has 0 bridgehead atoms. The Morgan fingerprint density at radius 1 is 1.12 bits per heavy atom. The first-order valence-corrected chi connectivity index (χ1v) is 8.30. The van der Waals surface area contributed by atoms with Gasteiger partial charge in [-0.2, -0.15) is 0 Å². The summed E-state index contributed by atoms with van der Waals surface area (Å²) in [6.07, 6.45) is 1.86. The number of halogens is 1. The van der Waals surface area contributed by atoms with E-state index in [0.29, 0.717) is 5.11 Å². The second-order valence-corrected chi connectivity index (χ2v) is 6.41. The molecule has 1 aliphatic heterocycles. The predicted molar refractivity (Wildman–Crippen MR) is 96.2 cm³/mol. The maximum absolute atomic E-state index is 13.2. The smallest absolute Gasteiger partial charge is 0.171 e. The van der Waals surface area contributed by atoms with Crippen molar-refractivity contribution in [1.82, 2.24) is 10.6 Å². The summed E-state index contributed by atoms with van der Waals surface area (Å²) in [6, 6.07) is 12.7. The minimum absolute atomic E-state index is 0.0235. The monoisotopic (exact) mass is 340 g/mol. The summed E-state index contributed by atoms with van der Waals surface area (Å²) >= 11 is 5.40. The van der Waals surface area contributed by atoms with Crippen LogP contribution in [0.4, 0.5) is 4.39 Å². The zero-order chi connectivity index (χ0) is 16.7. The molecule has 1 aliphatic carbocycles. The zero-order valence-electron chi connectivity index (χ0n) is 13.2. The van der Waals surface area contributed by atoms with Crippen LogP contribution in [0, 0.1) is 5.82 Å². The number of ether oxygens (including phenoxy) is 1. The van der Waals surface area contributed by atoms with Crippen LogP contribution in [0.15, 0.2) is 48.0 Å². The van der Waals surface area contributed by atoms with Crippen molar-refractivity contribution < 1.29 is 9.13 Å². The lowest BCUT2D eigenvalue weighted by Gasteiger charge is -2.35. The van der Waals surface area contributed by atoms with E-state index in [1.807, 2.05) is 18.2 Å². The number of fused-ring (bicyclic) bond motifs is 2. The van der Waals surface area contributed by atoms with Gasteiger partial charge in [0.05, 0.1) is 13.2 Å². The molecular formula is C19H17FN2OS. The van der Waals surface area contributed by atoms with Crippen LogP contribution in [-0.4, -0.2) is 12.2 Å². The van der Waals surface area contributed by atoms with Crippen molar-refractivity contribution in [3.8, 4) is 5.75 Å². The van der Waals surface area contributed by atoms with Crippen LogP contribution < -0.4 is 15.4 Å². The third-order valence-corrected chi connectivity index (χ3v) is 4.85. The number of methoxy groups -OCH3 is 1. The van der Waals surface area contributed by atoms with E-state index in [2.05, 4.69) is 22.8 Å². The van der Waals surface area contributed by atoms with Gasteiger partial charge in [0, 0.05) is 11.3 Å². The molecule has 0 radical (unpaired) electrons. The van der Waals surface area contributed by atoms with Gasteiger partial charge in [-0.1, -0.05) is 12.1 Å². The van der Waals surface area contributed by atoms with Gasteiger partial charge in [0.15, 0.2) is 5.11 Å². The molecule has 3 nitrogen and oxygen atoms in total. The quantitative estimate of drug-likeness (QED) is 0.817. The van der Waals surface area contributed by atoms with E-state index < -0.39 is 0 Å². The van der Waals surface area contributed by atoms with Gasteiger partial charge in [-0.05, 0) is 72.1 Å². The van der Waals surface area contributed by atoms with Crippen molar-refractivity contribution in [1.29, 1.82) is 0 Å². The van der Waals surface area contributed by atoms with Gasteiger partial charge >= 0.3 is 0 Å². The SMILES string of the molecule is COc1ccc2c(c1)CCC1=C2NC(=S)N[C@@H]1c1ccc(F)cc1. The largest absolute Gasteiger partial charge is 0.497 e. The van der Waals surface area contributed by atoms with Crippen molar-refractivity contribution in [2.24, 2.45) is 0 Å². The summed E-state index contributed by atoms with van der Waals surface area (Å²) in [5.41, 5.74) is 5.76. The molecule has 0 aromatic heterocycles. The Morgan fingerprint density at radius 3 is 2.67 bits per heavy atom. The fourth-order valence-corrected chi connectivity index (χ4v) is 3.68. The summed E-state index contributed by atoms with van der Waals surface area (Å²) < 4.78 is 18.6. The molecule has 0 fully saturated rings. The number of thiocarbonyl (C=S) groups is 1. The third kappa shape index (κ3) is 2.55. The second kappa shape index (κ2) is 5.91. The molecule has 0 saturated heterocycles. The van der Waals surface area contributed by atoms with Gasteiger partial charge in [0.1, 0.15) is 11.6 Å². The lowest BCUT2D eigenvalue weighted by atomic mass is 9.83. The minimum Gasteiger partial charge on any atom is -0.497 e. The van der Waals surface area contributed by atoms with Gasteiger partial charge in [0.25, 0.3) is 0 Å². The van der Waals surface area contributed by atoms with Gasteiger partial charge in [0.2, 0.25) is 0 Å². The fourth-order valence-electron chi connectivity index (χ4n) is 3.46. The first kappa shape index (κ1) is 15.1. The molecule has 4 rings (SSSR count). The lowest BCUT2D eigenvalue weighted by Crippen LogP contribution is -2.44. The number of nitrogens with one attached hydrogen (secondary N) is 2. The van der Waals surface area contributed by atoms with Crippen LogP contribution in [0.3, 0.4) is 0 Å². The van der Waals surface area contributed by atoms with Crippen LogP contribution in [0.25, 0.3) is 5.70 Å². The molecule has 0 amide bonds. The van der Waals surface area contributed by atoms with Crippen LogP contribution in [-0.2, 0) is 6.42 Å². The molecule has 122 valence electrons. The second-order valence-electron chi connectivity index (χ2n) is 6.01. The van der Waals surface area contributed by atoms with E-state index in [4.69, 9.17) is 17.0 Å². The van der Waals surface area contributed by atoms with E-state index in [-0.39, 0.29) is 11.9 Å². The van der Waals surface area contributed by atoms with E-state index in [0.717, 1.165) is 35.4 Å². The van der Waals surface area contributed by atoms with E-state index in [1.165, 1.54) is 23.3 Å². The standard InChI is InChI=1S/C19H17FN2OS/c1-23-14-7-9-15-12(10-14)4-8-16-17(21-19(24)22-18(15)16)11-2-5-13(20)6-3-11/h2-3,5-7,9-10,17H,4,8H2,1H3,(H2,21,22,24)/t17-/m1/s1. The van der Waals surface area contributed by atoms with Gasteiger partial charge < -0.3 is 15.4 Å². The lowest BCUT2D eigenvalue weighted by molar-refractivity contribution is 0.414. The van der Waals surface area contributed by atoms with Crippen molar-refractivity contribution in [3.63, 3.8) is 0 Å². The zero-order valence-corrected chi connectivity index (χ0v) is 14.0. The predicted octanol–water partition coefficient (Wildman–Crippen LogP) is 3.71. The average molecular weight is 340 g/mol. The Bertz CT molecular complexity index is 845. The first-order valence-electron chi connectivity index (χ1n) is 7.89. The summed E-state index contributed by atoms with van der Waals surface area (Å²) in [5.74, 6) is 0.634. The molecule has 5 heteroatoms. The Labute approximate surface area is 145 Å². The van der Waals surface area contributed by atoms with E-state index >= 15 is 0 Å². The van der Waals surface area contributed by atoms with Crippen LogP contribution in [0.5, 0.6) is 5.75 Å². The molecule has 2 N–H and O–H groups in total. The number of benzene rings is 2. The minimum atomic E-state index is -0.231. The van der Waals surface area contributed by atoms with Crippen molar-refractivity contribution >= 4 is 23.0 Å². The van der Waals surface area contributed by atoms with E-state index in [1.54, 1.807) is 7.11 Å². The maximum atomic E-state index is 13.2. The van der Waals surface area contributed by atoms with Gasteiger partial charge in [-0.3, -0.25) is 0 Å². The highest BCUT2D eigenvalue weighted by Gasteiger charge is 2.30. The molecule has 1 atom stereocenters. The number of hydrogen-bond acceptors (Lipinski definition) is 2. The van der Waals surface area contributed by atoms with Crippen molar-refractivity contribution in [3.05, 3.63) is 70.5 Å². The Morgan fingerprint density at radius 2 is 1.92 bits per heavy atom. The molecule has 2 aliphatic rings. The summed E-state index contributed by atoms with van der Waals surface area (Å²) in [4.78, 5) is 0. The molecule has 0 saturated carbocycles. The molecule has 2 aromatic rings. The summed E-state index contributed by atoms with van der Waals surface area (Å²) in [6.45, 7) is 0. The molecule has 0 spiro atoms. The van der Waals surface area contributed by atoms with Crippen LogP contribution in [0.1, 0.15) is 29.2 Å². The topological polar surface area (TPSA) is 33.3 Å². The van der Waals surface area contributed by atoms with Crippen molar-refractivity contribution in [2.75, 3.05) is 7.11 Å². The normalized spacial score (nSPS) is 19.1. The summed E-state index contributed by atoms with van der Waals surface area (Å²) in [5, 5.41) is 7.22. The number of aryl methyl sites for hydroxylation is 1. The van der Waals surface area contributed by atoms with Gasteiger partial charge in [-0.15, -0.1) is 0 Å². The highest BCUT2D eigenvalue weighted by Crippen LogP contribution is 2.39. The number of rotatable bonds is 2. The van der Waals surface area contributed by atoms with Crippen LogP contribution >= 0.6 is 12.2 Å². The Kier molecular flexibility index (Phi) is 3.73. The summed E-state index contributed by atoms with van der Waals surface area (Å²) in [7, 11) is 1.68. The first-order chi connectivity index (χ1) is 11.7. The highest BCUT2D eigenvalue weighted by molar-refractivity contribution is 7.80. The van der Waals surface area contributed by atoms with Gasteiger partial charge in [-0.25, -0.2) is 4.39 Å². The Hall–Kier alpha value is -2.40. The molecular weight excluding hydrogens is 323 g/mol. The fraction of sp³-hybridized carbons (Fsp3) is 0.211. The maximum Gasteiger partial charge on any atom is 0.171 e. The molecule has 1 heterocycles. The highest BCUT2D eigenvalue weighted by atomic mass is 32.1. The third-order valence-electron chi connectivity index (χ3n) is 4.63. The Balaban J connectivity index is 1.81. The van der Waals surface area contributed by atoms with Crippen LogP contribution in [0.2, 0.25) is 0 Å². The molecule has 0 unspecified atom stereocenters. The molecule has 2 aromatic carbocycles.